The smallest absolute Gasteiger partial charge is 0.250 e. The number of halogens is 1. The largest absolute Gasteiger partial charge is 0.369 e. The summed E-state index contributed by atoms with van der Waals surface area (Å²) in [4.78, 5) is 11.5. The summed E-state index contributed by atoms with van der Waals surface area (Å²) < 4.78 is 5.23. The van der Waals surface area contributed by atoms with Crippen LogP contribution in [0.2, 0.25) is 0 Å². The summed E-state index contributed by atoms with van der Waals surface area (Å²) in [7, 11) is 0. The standard InChI is InChI=1S/C12H16BrNO2/c1-9(2)16-8-12(15)14-11-6-4-3-5-10(11)7-13/h3-6,9H,7-8H2,1-2H3,(H,14,15). The number of hydrogen-bond donors (Lipinski definition) is 1. The lowest BCUT2D eigenvalue weighted by molar-refractivity contribution is -0.121. The van der Waals surface area contributed by atoms with E-state index in [2.05, 4.69) is 21.2 Å². The highest BCUT2D eigenvalue weighted by molar-refractivity contribution is 9.08. The molecule has 1 N–H and O–H groups in total. The Hall–Kier alpha value is -0.870. The number of hydrogen-bond acceptors (Lipinski definition) is 2. The van der Waals surface area contributed by atoms with Crippen molar-refractivity contribution in [3.8, 4) is 0 Å². The molecule has 0 spiro atoms. The first kappa shape index (κ1) is 13.2. The predicted molar refractivity (Wildman–Crippen MR) is 68.8 cm³/mol. The lowest BCUT2D eigenvalue weighted by Gasteiger charge is -2.10. The van der Waals surface area contributed by atoms with E-state index < -0.39 is 0 Å². The summed E-state index contributed by atoms with van der Waals surface area (Å²) in [5.74, 6) is -0.123. The second-order valence-corrected chi connectivity index (χ2v) is 4.26. The summed E-state index contributed by atoms with van der Waals surface area (Å²) in [6.45, 7) is 3.90. The van der Waals surface area contributed by atoms with Gasteiger partial charge in [0, 0.05) is 11.0 Å². The van der Waals surface area contributed by atoms with Crippen molar-refractivity contribution in [2.45, 2.75) is 25.3 Å². The third-order valence-electron chi connectivity index (χ3n) is 1.98. The van der Waals surface area contributed by atoms with Gasteiger partial charge in [-0.2, -0.15) is 0 Å². The monoisotopic (exact) mass is 285 g/mol. The van der Waals surface area contributed by atoms with E-state index in [-0.39, 0.29) is 18.6 Å². The summed E-state index contributed by atoms with van der Waals surface area (Å²) in [5, 5.41) is 3.54. The van der Waals surface area contributed by atoms with Gasteiger partial charge in [0.2, 0.25) is 5.91 Å². The lowest BCUT2D eigenvalue weighted by Crippen LogP contribution is -2.21. The zero-order chi connectivity index (χ0) is 12.0. The van der Waals surface area contributed by atoms with Crippen LogP contribution in [-0.2, 0) is 14.9 Å². The first-order valence-corrected chi connectivity index (χ1v) is 6.31. The molecule has 1 amide bonds. The molecule has 0 aliphatic carbocycles. The number of benzene rings is 1. The Morgan fingerprint density at radius 2 is 2.12 bits per heavy atom. The normalized spacial score (nSPS) is 10.5. The van der Waals surface area contributed by atoms with Crippen molar-refractivity contribution >= 4 is 27.5 Å². The van der Waals surface area contributed by atoms with Crippen molar-refractivity contribution in [3.63, 3.8) is 0 Å². The van der Waals surface area contributed by atoms with Crippen molar-refractivity contribution in [2.24, 2.45) is 0 Å². The summed E-state index contributed by atoms with van der Waals surface area (Å²) in [6.07, 6.45) is 0.0668. The van der Waals surface area contributed by atoms with Crippen molar-refractivity contribution in [2.75, 3.05) is 11.9 Å². The Morgan fingerprint density at radius 3 is 2.75 bits per heavy atom. The molecule has 0 radical (unpaired) electrons. The molecule has 4 heteroatoms. The summed E-state index contributed by atoms with van der Waals surface area (Å²) >= 11 is 3.38. The molecule has 1 aromatic rings. The third-order valence-corrected chi connectivity index (χ3v) is 2.59. The van der Waals surface area contributed by atoms with E-state index in [0.29, 0.717) is 5.33 Å². The van der Waals surface area contributed by atoms with E-state index in [0.717, 1.165) is 11.3 Å². The first-order chi connectivity index (χ1) is 7.63. The average Bonchev–Trinajstić information content (AvgIpc) is 2.27. The van der Waals surface area contributed by atoms with Gasteiger partial charge in [0.25, 0.3) is 0 Å². The number of ether oxygens (including phenoxy) is 1. The third kappa shape index (κ3) is 4.33. The number of amides is 1. The Bertz CT molecular complexity index is 353. The van der Waals surface area contributed by atoms with Gasteiger partial charge in [-0.1, -0.05) is 34.1 Å². The number of carbonyl (C=O) groups is 1. The van der Waals surface area contributed by atoms with Crippen LogP contribution in [0.1, 0.15) is 19.4 Å². The van der Waals surface area contributed by atoms with Crippen LogP contribution < -0.4 is 5.32 Å². The van der Waals surface area contributed by atoms with Gasteiger partial charge in [-0.05, 0) is 25.5 Å². The molecule has 0 unspecified atom stereocenters. The average molecular weight is 286 g/mol. The fourth-order valence-electron chi connectivity index (χ4n) is 1.19. The van der Waals surface area contributed by atoms with Crippen molar-refractivity contribution in [1.29, 1.82) is 0 Å². The second kappa shape index (κ2) is 6.66. The van der Waals surface area contributed by atoms with Crippen LogP contribution in [-0.4, -0.2) is 18.6 Å². The van der Waals surface area contributed by atoms with E-state index in [9.17, 15) is 4.79 Å². The van der Waals surface area contributed by atoms with Gasteiger partial charge in [-0.3, -0.25) is 4.79 Å². The highest BCUT2D eigenvalue weighted by Crippen LogP contribution is 2.17. The highest BCUT2D eigenvalue weighted by Gasteiger charge is 2.06. The van der Waals surface area contributed by atoms with Gasteiger partial charge in [-0.15, -0.1) is 0 Å². The molecule has 0 fully saturated rings. The van der Waals surface area contributed by atoms with Crippen LogP contribution in [0, 0.1) is 0 Å². The molecule has 0 saturated carbocycles. The van der Waals surface area contributed by atoms with E-state index in [1.807, 2.05) is 38.1 Å². The maximum atomic E-state index is 11.5. The minimum Gasteiger partial charge on any atom is -0.369 e. The molecule has 1 rings (SSSR count). The molecule has 0 bridgehead atoms. The first-order valence-electron chi connectivity index (χ1n) is 5.18. The number of alkyl halides is 1. The van der Waals surface area contributed by atoms with Gasteiger partial charge in [0.1, 0.15) is 6.61 Å². The maximum Gasteiger partial charge on any atom is 0.250 e. The number of para-hydroxylation sites is 1. The molecular formula is C12H16BrNO2. The van der Waals surface area contributed by atoms with Crippen LogP contribution in [0.3, 0.4) is 0 Å². The van der Waals surface area contributed by atoms with E-state index in [4.69, 9.17) is 4.74 Å². The molecule has 0 aliphatic heterocycles. The topological polar surface area (TPSA) is 38.3 Å². The van der Waals surface area contributed by atoms with Crippen molar-refractivity contribution in [1.82, 2.24) is 0 Å². The van der Waals surface area contributed by atoms with Gasteiger partial charge in [-0.25, -0.2) is 0 Å². The van der Waals surface area contributed by atoms with Gasteiger partial charge in [0.05, 0.1) is 6.10 Å². The Balaban J connectivity index is 2.55. The van der Waals surface area contributed by atoms with E-state index in [1.54, 1.807) is 0 Å². The maximum absolute atomic E-state index is 11.5. The summed E-state index contributed by atoms with van der Waals surface area (Å²) in [5.41, 5.74) is 1.89. The van der Waals surface area contributed by atoms with Gasteiger partial charge in [0.15, 0.2) is 0 Å². The number of rotatable bonds is 5. The van der Waals surface area contributed by atoms with Gasteiger partial charge < -0.3 is 10.1 Å². The molecule has 16 heavy (non-hydrogen) atoms. The predicted octanol–water partition coefficient (Wildman–Crippen LogP) is 2.95. The fourth-order valence-corrected chi connectivity index (χ4v) is 1.68. The lowest BCUT2D eigenvalue weighted by atomic mass is 10.2. The quantitative estimate of drug-likeness (QED) is 0.845. The Labute approximate surface area is 104 Å². The molecule has 0 aromatic heterocycles. The van der Waals surface area contributed by atoms with Crippen LogP contribution in [0.25, 0.3) is 0 Å². The zero-order valence-electron chi connectivity index (χ0n) is 9.50. The van der Waals surface area contributed by atoms with Crippen molar-refractivity contribution in [3.05, 3.63) is 29.8 Å². The SMILES string of the molecule is CC(C)OCC(=O)Nc1ccccc1CBr. The molecule has 88 valence electrons. The summed E-state index contributed by atoms with van der Waals surface area (Å²) in [6, 6.07) is 7.68. The fraction of sp³-hybridized carbons (Fsp3) is 0.417. The van der Waals surface area contributed by atoms with Crippen molar-refractivity contribution < 1.29 is 9.53 Å². The molecule has 0 heterocycles. The minimum atomic E-state index is -0.123. The molecule has 0 atom stereocenters. The molecular weight excluding hydrogens is 270 g/mol. The zero-order valence-corrected chi connectivity index (χ0v) is 11.1. The molecule has 1 aromatic carbocycles. The number of nitrogens with one attached hydrogen (secondary N) is 1. The second-order valence-electron chi connectivity index (χ2n) is 3.70. The van der Waals surface area contributed by atoms with Crippen LogP contribution >= 0.6 is 15.9 Å². The molecule has 0 saturated heterocycles. The minimum absolute atomic E-state index is 0.0668. The Kier molecular flexibility index (Phi) is 5.49. The van der Waals surface area contributed by atoms with E-state index in [1.165, 1.54) is 0 Å². The van der Waals surface area contributed by atoms with Gasteiger partial charge >= 0.3 is 0 Å². The molecule has 3 nitrogen and oxygen atoms in total. The van der Waals surface area contributed by atoms with Crippen LogP contribution in [0.5, 0.6) is 0 Å². The Morgan fingerprint density at radius 1 is 1.44 bits per heavy atom. The van der Waals surface area contributed by atoms with E-state index >= 15 is 0 Å². The highest BCUT2D eigenvalue weighted by atomic mass is 79.9. The van der Waals surface area contributed by atoms with Crippen LogP contribution in [0.4, 0.5) is 5.69 Å². The van der Waals surface area contributed by atoms with Crippen LogP contribution in [0.15, 0.2) is 24.3 Å². The number of carbonyl (C=O) groups excluding carboxylic acids is 1. The number of anilines is 1. The molecule has 0 aliphatic rings.